The van der Waals surface area contributed by atoms with Crippen LogP contribution in [-0.4, -0.2) is 49.9 Å². The third-order valence-corrected chi connectivity index (χ3v) is 3.83. The summed E-state index contributed by atoms with van der Waals surface area (Å²) < 4.78 is 38.3. The van der Waals surface area contributed by atoms with E-state index in [0.717, 1.165) is 0 Å². The van der Waals surface area contributed by atoms with E-state index in [1.165, 1.54) is 24.1 Å². The fourth-order valence-electron chi connectivity index (χ4n) is 2.08. The van der Waals surface area contributed by atoms with Gasteiger partial charge in [0.25, 0.3) is 0 Å². The topological polar surface area (TPSA) is 107 Å². The molecule has 1 aromatic rings. The van der Waals surface area contributed by atoms with Crippen LogP contribution in [0, 0.1) is 5.92 Å². The predicted octanol–water partition coefficient (Wildman–Crippen LogP) is -0.0846. The number of nitrogens with zero attached hydrogens (tertiary/aromatic N) is 3. The van der Waals surface area contributed by atoms with Gasteiger partial charge >= 0.3 is 16.2 Å². The highest BCUT2D eigenvalue weighted by atomic mass is 32.3. The Hall–Kier alpha value is -2.10. The molecule has 0 spiro atoms. The fraction of sp³-hybridized carbons (Fsp3) is 0.455. The third-order valence-electron chi connectivity index (χ3n) is 2.96. The first kappa shape index (κ1) is 15.3. The molecule has 1 unspecified atom stereocenters. The van der Waals surface area contributed by atoms with Crippen LogP contribution in [0.1, 0.15) is 16.9 Å². The normalized spacial score (nSPS) is 18.9. The molecule has 2 rings (SSSR count). The lowest BCUT2D eigenvalue weighted by Gasteiger charge is -2.14. The van der Waals surface area contributed by atoms with Crippen molar-refractivity contribution in [1.29, 1.82) is 0 Å². The highest BCUT2D eigenvalue weighted by Crippen LogP contribution is 2.24. The lowest BCUT2D eigenvalue weighted by molar-refractivity contribution is -0.117. The smallest absolute Gasteiger partial charge is 0.358 e. The van der Waals surface area contributed by atoms with Gasteiger partial charge in [0.2, 0.25) is 5.91 Å². The minimum atomic E-state index is -4.63. The molecule has 1 aliphatic rings. The van der Waals surface area contributed by atoms with Crippen molar-refractivity contribution < 1.29 is 26.6 Å². The maximum absolute atomic E-state index is 12.6. The van der Waals surface area contributed by atoms with Crippen LogP contribution in [0.4, 0.5) is 9.70 Å². The second-order valence-corrected chi connectivity index (χ2v) is 5.96. The van der Waals surface area contributed by atoms with Crippen LogP contribution >= 0.6 is 0 Å². The SMILES string of the molecule is COC(=O)c1ccc(N2CC(CS(=O)(=O)F)CC2=O)nn1. The van der Waals surface area contributed by atoms with Gasteiger partial charge in [-0.05, 0) is 12.1 Å². The summed E-state index contributed by atoms with van der Waals surface area (Å²) in [5, 5.41) is 7.34. The molecule has 0 N–H and O–H groups in total. The van der Waals surface area contributed by atoms with Gasteiger partial charge in [-0.25, -0.2) is 4.79 Å². The molecular weight excluding hydrogens is 305 g/mol. The van der Waals surface area contributed by atoms with Gasteiger partial charge in [0, 0.05) is 18.9 Å². The zero-order valence-electron chi connectivity index (χ0n) is 11.0. The van der Waals surface area contributed by atoms with Crippen molar-refractivity contribution in [3.63, 3.8) is 0 Å². The summed E-state index contributed by atoms with van der Waals surface area (Å²) in [7, 11) is -3.44. The Kier molecular flexibility index (Phi) is 4.16. The second-order valence-electron chi connectivity index (χ2n) is 4.55. The molecule has 0 radical (unpaired) electrons. The van der Waals surface area contributed by atoms with Crippen molar-refractivity contribution in [2.24, 2.45) is 5.92 Å². The molecule has 0 aliphatic carbocycles. The molecule has 1 saturated heterocycles. The average molecular weight is 317 g/mol. The van der Waals surface area contributed by atoms with Gasteiger partial charge in [-0.1, -0.05) is 0 Å². The fourth-order valence-corrected chi connectivity index (χ4v) is 2.87. The van der Waals surface area contributed by atoms with Crippen LogP contribution in [-0.2, 0) is 19.8 Å². The quantitative estimate of drug-likeness (QED) is 0.564. The number of anilines is 1. The van der Waals surface area contributed by atoms with Crippen molar-refractivity contribution >= 4 is 27.9 Å². The average Bonchev–Trinajstić information content (AvgIpc) is 2.76. The zero-order chi connectivity index (χ0) is 15.6. The summed E-state index contributed by atoms with van der Waals surface area (Å²) in [5.41, 5.74) is -0.0178. The lowest BCUT2D eigenvalue weighted by Crippen LogP contribution is -2.26. The van der Waals surface area contributed by atoms with Crippen LogP contribution in [0.2, 0.25) is 0 Å². The van der Waals surface area contributed by atoms with E-state index in [0.29, 0.717) is 0 Å². The monoisotopic (exact) mass is 317 g/mol. The van der Waals surface area contributed by atoms with Gasteiger partial charge < -0.3 is 4.74 Å². The van der Waals surface area contributed by atoms with Gasteiger partial charge in [0.15, 0.2) is 11.5 Å². The molecule has 1 atom stereocenters. The van der Waals surface area contributed by atoms with Crippen molar-refractivity contribution in [1.82, 2.24) is 10.2 Å². The van der Waals surface area contributed by atoms with Crippen LogP contribution in [0.25, 0.3) is 0 Å². The number of halogens is 1. The maximum atomic E-state index is 12.6. The number of amides is 1. The Morgan fingerprint density at radius 2 is 2.19 bits per heavy atom. The minimum Gasteiger partial charge on any atom is -0.464 e. The lowest BCUT2D eigenvalue weighted by atomic mass is 10.1. The Labute approximate surface area is 120 Å². The van der Waals surface area contributed by atoms with Gasteiger partial charge in [-0.15, -0.1) is 14.1 Å². The van der Waals surface area contributed by atoms with Gasteiger partial charge in [-0.3, -0.25) is 9.69 Å². The summed E-state index contributed by atoms with van der Waals surface area (Å²) in [5.74, 6) is -2.20. The first-order valence-corrected chi connectivity index (χ1v) is 7.50. The molecule has 1 aliphatic heterocycles. The Bertz CT molecular complexity index is 661. The summed E-state index contributed by atoms with van der Waals surface area (Å²) in [6, 6.07) is 2.73. The number of hydrogen-bond acceptors (Lipinski definition) is 7. The molecule has 21 heavy (non-hydrogen) atoms. The van der Waals surface area contributed by atoms with E-state index < -0.39 is 27.9 Å². The van der Waals surface area contributed by atoms with Crippen molar-refractivity contribution in [2.75, 3.05) is 24.3 Å². The Morgan fingerprint density at radius 3 is 2.71 bits per heavy atom. The van der Waals surface area contributed by atoms with Crippen LogP contribution in [0.5, 0.6) is 0 Å². The third kappa shape index (κ3) is 3.72. The summed E-state index contributed by atoms with van der Waals surface area (Å²) in [6.45, 7) is 0.0359. The van der Waals surface area contributed by atoms with Gasteiger partial charge in [-0.2, -0.15) is 8.42 Å². The van der Waals surface area contributed by atoms with E-state index in [1.54, 1.807) is 0 Å². The molecule has 1 amide bonds. The van der Waals surface area contributed by atoms with E-state index >= 15 is 0 Å². The van der Waals surface area contributed by atoms with Crippen LogP contribution in [0.15, 0.2) is 12.1 Å². The van der Waals surface area contributed by atoms with Crippen molar-refractivity contribution in [2.45, 2.75) is 6.42 Å². The summed E-state index contributed by atoms with van der Waals surface area (Å²) in [4.78, 5) is 24.2. The largest absolute Gasteiger partial charge is 0.464 e. The van der Waals surface area contributed by atoms with Crippen LogP contribution < -0.4 is 4.90 Å². The Morgan fingerprint density at radius 1 is 1.48 bits per heavy atom. The van der Waals surface area contributed by atoms with Crippen molar-refractivity contribution in [3.8, 4) is 0 Å². The number of carbonyl (C=O) groups excluding carboxylic acids is 2. The minimum absolute atomic E-state index is 0.0178. The molecule has 2 heterocycles. The molecule has 0 saturated carbocycles. The second kappa shape index (κ2) is 5.72. The predicted molar refractivity (Wildman–Crippen MR) is 68.7 cm³/mol. The molecular formula is C11H12FN3O5S. The number of methoxy groups -OCH3 is 1. The molecule has 0 aromatic carbocycles. The van der Waals surface area contributed by atoms with Gasteiger partial charge in [0.1, 0.15) is 0 Å². The molecule has 114 valence electrons. The van der Waals surface area contributed by atoms with Gasteiger partial charge in [0.05, 0.1) is 12.9 Å². The number of hydrogen-bond donors (Lipinski definition) is 0. The first-order chi connectivity index (χ1) is 9.80. The van der Waals surface area contributed by atoms with E-state index in [4.69, 9.17) is 0 Å². The number of carbonyl (C=O) groups is 2. The summed E-state index contributed by atoms with van der Waals surface area (Å²) in [6.07, 6.45) is -0.0798. The molecule has 8 nitrogen and oxygen atoms in total. The Balaban J connectivity index is 2.12. The number of rotatable bonds is 4. The maximum Gasteiger partial charge on any atom is 0.358 e. The molecule has 0 bridgehead atoms. The van der Waals surface area contributed by atoms with E-state index in [2.05, 4.69) is 14.9 Å². The number of ether oxygens (including phenoxy) is 1. The van der Waals surface area contributed by atoms with E-state index in [9.17, 15) is 21.9 Å². The summed E-state index contributed by atoms with van der Waals surface area (Å²) >= 11 is 0. The van der Waals surface area contributed by atoms with Crippen molar-refractivity contribution in [3.05, 3.63) is 17.8 Å². The van der Waals surface area contributed by atoms with E-state index in [-0.39, 0.29) is 30.4 Å². The highest BCUT2D eigenvalue weighted by Gasteiger charge is 2.34. The highest BCUT2D eigenvalue weighted by molar-refractivity contribution is 7.86. The number of aromatic nitrogens is 2. The first-order valence-electron chi connectivity index (χ1n) is 5.95. The molecule has 1 fully saturated rings. The standard InChI is InChI=1S/C11H12FN3O5S/c1-20-11(17)8-2-3-9(14-13-8)15-5-7(4-10(15)16)6-21(12,18)19/h2-3,7H,4-6H2,1H3. The van der Waals surface area contributed by atoms with Crippen LogP contribution in [0.3, 0.4) is 0 Å². The molecule has 10 heteroatoms. The van der Waals surface area contributed by atoms with E-state index in [1.807, 2.05) is 0 Å². The zero-order valence-corrected chi connectivity index (χ0v) is 11.8. The molecule has 1 aromatic heterocycles. The number of esters is 1.